The molecule has 0 aliphatic carbocycles. The van der Waals surface area contributed by atoms with Crippen LogP contribution >= 0.6 is 0 Å². The Labute approximate surface area is 111 Å². The molecule has 0 aromatic carbocycles. The highest BCUT2D eigenvalue weighted by Crippen LogP contribution is 2.15. The number of hydrogen-bond acceptors (Lipinski definition) is 6. The van der Waals surface area contributed by atoms with Crippen LogP contribution in [0.4, 0.5) is 0 Å². The van der Waals surface area contributed by atoms with E-state index < -0.39 is 22.0 Å². The monoisotopic (exact) mass is 288 g/mol. The molecule has 1 aromatic heterocycles. The Hall–Kier alpha value is -1.45. The van der Waals surface area contributed by atoms with Gasteiger partial charge in [-0.15, -0.1) is 0 Å². The molecule has 9 heteroatoms. The van der Waals surface area contributed by atoms with Gasteiger partial charge in [-0.1, -0.05) is 5.16 Å². The number of piperazine rings is 1. The van der Waals surface area contributed by atoms with E-state index in [-0.39, 0.29) is 18.8 Å². The first-order chi connectivity index (χ1) is 8.90. The molecule has 0 spiro atoms. The fourth-order valence-corrected chi connectivity index (χ4v) is 3.63. The van der Waals surface area contributed by atoms with Crippen LogP contribution in [-0.4, -0.2) is 49.5 Å². The quantitative estimate of drug-likeness (QED) is 0.701. The molecule has 1 aromatic rings. The summed E-state index contributed by atoms with van der Waals surface area (Å²) < 4.78 is 30.5. The number of nitrogens with one attached hydrogen (secondary N) is 1. The molecule has 1 unspecified atom stereocenters. The molecular formula is C10H16N4O4S. The Morgan fingerprint density at radius 1 is 1.68 bits per heavy atom. The zero-order chi connectivity index (χ0) is 14.0. The number of hydrogen-bond donors (Lipinski definition) is 2. The van der Waals surface area contributed by atoms with E-state index in [0.717, 1.165) is 4.31 Å². The summed E-state index contributed by atoms with van der Waals surface area (Å²) in [6, 6.07) is 0.700. The number of rotatable bonds is 4. The van der Waals surface area contributed by atoms with Crippen molar-refractivity contribution in [2.24, 2.45) is 5.73 Å². The standard InChI is InChI=1S/C10H16N4O4S/c1-7-4-8(13-18-7)6-19(16,17)14-3-2-12-5-9(14)10(11)15/h4,9,12H,2-3,5-6H2,1H3,(H2,11,15). The van der Waals surface area contributed by atoms with Crippen LogP contribution in [0.5, 0.6) is 0 Å². The van der Waals surface area contributed by atoms with Crippen LogP contribution in [0.25, 0.3) is 0 Å². The molecule has 3 N–H and O–H groups in total. The van der Waals surface area contributed by atoms with E-state index in [0.29, 0.717) is 18.0 Å². The third-order valence-electron chi connectivity index (χ3n) is 2.89. The minimum atomic E-state index is -3.65. The molecule has 0 saturated carbocycles. The summed E-state index contributed by atoms with van der Waals surface area (Å²) in [7, 11) is -3.65. The second-order valence-corrected chi connectivity index (χ2v) is 6.34. The molecule has 1 amide bonds. The molecule has 0 bridgehead atoms. The molecular weight excluding hydrogens is 272 g/mol. The van der Waals surface area contributed by atoms with Crippen LogP contribution in [0, 0.1) is 6.92 Å². The van der Waals surface area contributed by atoms with E-state index in [1.807, 2.05) is 0 Å². The lowest BCUT2D eigenvalue weighted by molar-refractivity contribution is -0.122. The highest BCUT2D eigenvalue weighted by Gasteiger charge is 2.36. The van der Waals surface area contributed by atoms with Crippen molar-refractivity contribution < 1.29 is 17.7 Å². The first-order valence-electron chi connectivity index (χ1n) is 5.82. The van der Waals surface area contributed by atoms with Crippen LogP contribution in [-0.2, 0) is 20.6 Å². The molecule has 1 atom stereocenters. The number of aryl methyl sites for hydroxylation is 1. The predicted molar refractivity (Wildman–Crippen MR) is 66.4 cm³/mol. The molecule has 2 rings (SSSR count). The lowest BCUT2D eigenvalue weighted by Gasteiger charge is -2.32. The number of nitrogens with zero attached hydrogens (tertiary/aromatic N) is 2. The first-order valence-corrected chi connectivity index (χ1v) is 7.43. The van der Waals surface area contributed by atoms with Crippen molar-refractivity contribution in [3.63, 3.8) is 0 Å². The smallest absolute Gasteiger partial charge is 0.237 e. The third-order valence-corrected chi connectivity index (χ3v) is 4.70. The lowest BCUT2D eigenvalue weighted by atomic mass is 10.2. The van der Waals surface area contributed by atoms with Crippen LogP contribution in [0.2, 0.25) is 0 Å². The molecule has 1 fully saturated rings. The van der Waals surface area contributed by atoms with Crippen LogP contribution in [0.1, 0.15) is 11.5 Å². The number of nitrogens with two attached hydrogens (primary N) is 1. The Balaban J connectivity index is 2.19. The fraction of sp³-hybridized carbons (Fsp3) is 0.600. The summed E-state index contributed by atoms with van der Waals surface area (Å²) in [5, 5.41) is 6.60. The Morgan fingerprint density at radius 3 is 3.00 bits per heavy atom. The van der Waals surface area contributed by atoms with Gasteiger partial charge in [0, 0.05) is 25.7 Å². The summed E-state index contributed by atoms with van der Waals surface area (Å²) in [4.78, 5) is 11.3. The number of sulfonamides is 1. The van der Waals surface area contributed by atoms with Gasteiger partial charge < -0.3 is 15.6 Å². The van der Waals surface area contributed by atoms with Gasteiger partial charge in [0.2, 0.25) is 15.9 Å². The maximum absolute atomic E-state index is 12.3. The normalized spacial score (nSPS) is 21.4. The van der Waals surface area contributed by atoms with Gasteiger partial charge in [-0.3, -0.25) is 4.79 Å². The molecule has 8 nitrogen and oxygen atoms in total. The number of aromatic nitrogens is 1. The van der Waals surface area contributed by atoms with E-state index in [1.54, 1.807) is 13.0 Å². The van der Waals surface area contributed by atoms with E-state index in [1.165, 1.54) is 0 Å². The molecule has 106 valence electrons. The second kappa shape index (κ2) is 5.27. The van der Waals surface area contributed by atoms with Crippen molar-refractivity contribution in [2.45, 2.75) is 18.7 Å². The summed E-state index contributed by atoms with van der Waals surface area (Å²) in [6.07, 6.45) is 0. The number of amides is 1. The molecule has 2 heterocycles. The summed E-state index contributed by atoms with van der Waals surface area (Å²) in [5.41, 5.74) is 5.55. The second-order valence-electron chi connectivity index (χ2n) is 4.42. The van der Waals surface area contributed by atoms with Crippen molar-refractivity contribution in [1.82, 2.24) is 14.8 Å². The van der Waals surface area contributed by atoms with Gasteiger partial charge in [-0.05, 0) is 6.92 Å². The SMILES string of the molecule is Cc1cc(CS(=O)(=O)N2CCNCC2C(N)=O)no1. The molecule has 1 saturated heterocycles. The van der Waals surface area contributed by atoms with Gasteiger partial charge in [-0.2, -0.15) is 4.31 Å². The predicted octanol–water partition coefficient (Wildman–Crippen LogP) is -1.43. The van der Waals surface area contributed by atoms with Crippen molar-refractivity contribution in [2.75, 3.05) is 19.6 Å². The van der Waals surface area contributed by atoms with Gasteiger partial charge in [0.25, 0.3) is 0 Å². The highest BCUT2D eigenvalue weighted by molar-refractivity contribution is 7.88. The molecule has 19 heavy (non-hydrogen) atoms. The average Bonchev–Trinajstić information content (AvgIpc) is 2.74. The van der Waals surface area contributed by atoms with E-state index in [9.17, 15) is 13.2 Å². The molecule has 1 aliphatic heterocycles. The highest BCUT2D eigenvalue weighted by atomic mass is 32.2. The van der Waals surface area contributed by atoms with Crippen molar-refractivity contribution in [1.29, 1.82) is 0 Å². The zero-order valence-corrected chi connectivity index (χ0v) is 11.3. The minimum absolute atomic E-state index is 0.215. The lowest BCUT2D eigenvalue weighted by Crippen LogP contribution is -2.58. The number of primary amides is 1. The third kappa shape index (κ3) is 3.11. The van der Waals surface area contributed by atoms with Crippen molar-refractivity contribution >= 4 is 15.9 Å². The maximum atomic E-state index is 12.3. The van der Waals surface area contributed by atoms with Crippen molar-refractivity contribution in [3.05, 3.63) is 17.5 Å². The summed E-state index contributed by atoms with van der Waals surface area (Å²) in [5.74, 6) is -0.419. The van der Waals surface area contributed by atoms with Gasteiger partial charge in [0.1, 0.15) is 23.2 Å². The summed E-state index contributed by atoms with van der Waals surface area (Å²) >= 11 is 0. The maximum Gasteiger partial charge on any atom is 0.237 e. The Bertz CT molecular complexity index is 568. The van der Waals surface area contributed by atoms with Gasteiger partial charge in [0.05, 0.1) is 0 Å². The van der Waals surface area contributed by atoms with Gasteiger partial charge >= 0.3 is 0 Å². The topological polar surface area (TPSA) is 119 Å². The van der Waals surface area contributed by atoms with Gasteiger partial charge in [0.15, 0.2) is 0 Å². The Morgan fingerprint density at radius 2 is 2.42 bits per heavy atom. The van der Waals surface area contributed by atoms with E-state index in [2.05, 4.69) is 10.5 Å². The zero-order valence-electron chi connectivity index (χ0n) is 10.5. The van der Waals surface area contributed by atoms with Gasteiger partial charge in [-0.25, -0.2) is 8.42 Å². The van der Waals surface area contributed by atoms with Crippen LogP contribution in [0.15, 0.2) is 10.6 Å². The number of carbonyl (C=O) groups excluding carboxylic acids is 1. The Kier molecular flexibility index (Phi) is 3.88. The average molecular weight is 288 g/mol. The van der Waals surface area contributed by atoms with E-state index >= 15 is 0 Å². The minimum Gasteiger partial charge on any atom is -0.368 e. The van der Waals surface area contributed by atoms with Crippen LogP contribution in [0.3, 0.4) is 0 Å². The molecule has 0 radical (unpaired) electrons. The van der Waals surface area contributed by atoms with Crippen molar-refractivity contribution in [3.8, 4) is 0 Å². The van der Waals surface area contributed by atoms with Crippen LogP contribution < -0.4 is 11.1 Å². The van der Waals surface area contributed by atoms with E-state index in [4.69, 9.17) is 10.3 Å². The first kappa shape index (κ1) is 14.0. The summed E-state index contributed by atoms with van der Waals surface area (Å²) in [6.45, 7) is 2.61. The fourth-order valence-electron chi connectivity index (χ4n) is 2.02. The number of carbonyl (C=O) groups is 1. The largest absolute Gasteiger partial charge is 0.368 e. The molecule has 1 aliphatic rings.